The van der Waals surface area contributed by atoms with E-state index in [2.05, 4.69) is 31.0 Å². The monoisotopic (exact) mass is 526 g/mol. The molecule has 1 atom stereocenters. The number of amides is 1. The molecule has 216 valence electrons. The minimum atomic E-state index is -0.797. The van der Waals surface area contributed by atoms with E-state index in [0.717, 1.165) is 58.2 Å². The topological polar surface area (TPSA) is 94.2 Å². The largest absolute Gasteiger partial charge is 0.462 e. The average molecular weight is 527 g/mol. The lowest BCUT2D eigenvalue weighted by Crippen LogP contribution is -2.59. The zero-order valence-electron chi connectivity index (χ0n) is 23.9. The van der Waals surface area contributed by atoms with Gasteiger partial charge in [-0.3, -0.25) is 14.5 Å². The summed E-state index contributed by atoms with van der Waals surface area (Å²) in [6, 6.07) is 0.0746. The number of nitrogens with one attached hydrogen (secondary N) is 1. The first kappa shape index (κ1) is 33.2. The third-order valence-electron chi connectivity index (χ3n) is 6.82. The summed E-state index contributed by atoms with van der Waals surface area (Å²) in [5, 5.41) is 2.82. The Morgan fingerprint density at radius 1 is 0.703 bits per heavy atom. The van der Waals surface area contributed by atoms with Gasteiger partial charge in [0.05, 0.1) is 6.04 Å². The molecular formula is C29H54N2O6. The van der Waals surface area contributed by atoms with Gasteiger partial charge in [-0.1, -0.05) is 97.8 Å². The van der Waals surface area contributed by atoms with E-state index in [1.165, 1.54) is 51.4 Å². The van der Waals surface area contributed by atoms with E-state index in [0.29, 0.717) is 12.8 Å². The van der Waals surface area contributed by atoms with E-state index in [1.54, 1.807) is 0 Å². The number of carbonyl (C=O) groups excluding carboxylic acids is 3. The normalized spacial score (nSPS) is 14.6. The first-order valence-corrected chi connectivity index (χ1v) is 15.0. The van der Waals surface area contributed by atoms with E-state index in [9.17, 15) is 14.4 Å². The van der Waals surface area contributed by atoms with Gasteiger partial charge in [-0.2, -0.15) is 0 Å². The molecule has 0 aromatic rings. The van der Waals surface area contributed by atoms with E-state index in [1.807, 2.05) is 0 Å². The van der Waals surface area contributed by atoms with Crippen LogP contribution in [-0.2, 0) is 23.8 Å². The second kappa shape index (κ2) is 22.2. The van der Waals surface area contributed by atoms with Gasteiger partial charge < -0.3 is 19.5 Å². The SMILES string of the molecule is CCCCCCCCCC(=O)OCC(COC(=O)NC1CN(CC)C1)OC(=O)CCCCCCCCC. The van der Waals surface area contributed by atoms with Crippen molar-refractivity contribution in [2.75, 3.05) is 32.8 Å². The van der Waals surface area contributed by atoms with Crippen molar-refractivity contribution >= 4 is 18.0 Å². The fraction of sp³-hybridized carbons (Fsp3) is 0.897. The molecule has 1 fully saturated rings. The molecule has 1 heterocycles. The summed E-state index contributed by atoms with van der Waals surface area (Å²) in [6.45, 7) is 8.80. The molecule has 37 heavy (non-hydrogen) atoms. The Kier molecular flexibility index (Phi) is 19.9. The highest BCUT2D eigenvalue weighted by molar-refractivity contribution is 5.70. The number of hydrogen-bond donors (Lipinski definition) is 1. The van der Waals surface area contributed by atoms with Gasteiger partial charge in [-0.15, -0.1) is 0 Å². The summed E-state index contributed by atoms with van der Waals surface area (Å²) in [5.41, 5.74) is 0. The number of nitrogens with zero attached hydrogens (tertiary/aromatic N) is 1. The maximum absolute atomic E-state index is 12.4. The highest BCUT2D eigenvalue weighted by Gasteiger charge is 2.27. The van der Waals surface area contributed by atoms with Crippen molar-refractivity contribution in [3.05, 3.63) is 0 Å². The van der Waals surface area contributed by atoms with Crippen LogP contribution in [0, 0.1) is 0 Å². The zero-order chi connectivity index (χ0) is 27.1. The third-order valence-corrected chi connectivity index (χ3v) is 6.82. The van der Waals surface area contributed by atoms with Crippen LogP contribution in [0.2, 0.25) is 0 Å². The fourth-order valence-corrected chi connectivity index (χ4v) is 4.37. The van der Waals surface area contributed by atoms with Crippen LogP contribution in [-0.4, -0.2) is 67.9 Å². The molecule has 1 aliphatic rings. The van der Waals surface area contributed by atoms with Gasteiger partial charge >= 0.3 is 18.0 Å². The van der Waals surface area contributed by atoms with Crippen LogP contribution in [0.1, 0.15) is 124 Å². The molecule has 0 bridgehead atoms. The molecular weight excluding hydrogens is 472 g/mol. The lowest BCUT2D eigenvalue weighted by atomic mass is 10.1. The second-order valence-corrected chi connectivity index (χ2v) is 10.3. The summed E-state index contributed by atoms with van der Waals surface area (Å²) in [7, 11) is 0. The number of likely N-dealkylation sites (N-methyl/N-ethyl adjacent to an activating group) is 1. The van der Waals surface area contributed by atoms with Crippen molar-refractivity contribution in [1.29, 1.82) is 0 Å². The molecule has 0 aromatic carbocycles. The van der Waals surface area contributed by atoms with Gasteiger partial charge in [-0.25, -0.2) is 4.79 Å². The lowest BCUT2D eigenvalue weighted by molar-refractivity contribution is -0.161. The van der Waals surface area contributed by atoms with Crippen molar-refractivity contribution in [2.24, 2.45) is 0 Å². The molecule has 1 amide bonds. The number of hydrogen-bond acceptors (Lipinski definition) is 7. The summed E-state index contributed by atoms with van der Waals surface area (Å²) >= 11 is 0. The first-order chi connectivity index (χ1) is 18.0. The van der Waals surface area contributed by atoms with E-state index < -0.39 is 12.2 Å². The smallest absolute Gasteiger partial charge is 0.407 e. The van der Waals surface area contributed by atoms with Gasteiger partial charge in [0.1, 0.15) is 13.2 Å². The van der Waals surface area contributed by atoms with Gasteiger partial charge in [-0.05, 0) is 19.4 Å². The van der Waals surface area contributed by atoms with Crippen molar-refractivity contribution in [2.45, 2.75) is 136 Å². The van der Waals surface area contributed by atoms with Crippen molar-refractivity contribution < 1.29 is 28.6 Å². The van der Waals surface area contributed by atoms with Crippen LogP contribution in [0.4, 0.5) is 4.79 Å². The number of ether oxygens (including phenoxy) is 3. The highest BCUT2D eigenvalue weighted by Crippen LogP contribution is 2.12. The van der Waals surface area contributed by atoms with Crippen LogP contribution >= 0.6 is 0 Å². The maximum atomic E-state index is 12.4. The van der Waals surface area contributed by atoms with E-state index >= 15 is 0 Å². The molecule has 8 nitrogen and oxygen atoms in total. The van der Waals surface area contributed by atoms with Crippen molar-refractivity contribution in [1.82, 2.24) is 10.2 Å². The Hall–Kier alpha value is -1.83. The van der Waals surface area contributed by atoms with E-state index in [-0.39, 0.29) is 31.2 Å². The molecule has 1 N–H and O–H groups in total. The van der Waals surface area contributed by atoms with Crippen LogP contribution < -0.4 is 5.32 Å². The minimum absolute atomic E-state index is 0.0746. The van der Waals surface area contributed by atoms with Crippen LogP contribution in [0.25, 0.3) is 0 Å². The van der Waals surface area contributed by atoms with Gasteiger partial charge in [0.2, 0.25) is 0 Å². The summed E-state index contributed by atoms with van der Waals surface area (Å²) in [4.78, 5) is 38.9. The maximum Gasteiger partial charge on any atom is 0.407 e. The standard InChI is InChI=1S/C29H54N2O6/c1-4-7-9-11-13-15-17-19-27(32)35-23-26(24-36-29(34)30-25-21-31(6-3)22-25)37-28(33)20-18-16-14-12-10-8-5-2/h25-26H,4-24H2,1-3H3,(H,30,34). The predicted molar refractivity (Wildman–Crippen MR) is 146 cm³/mol. The number of rotatable bonds is 23. The quantitative estimate of drug-likeness (QED) is 0.0969. The summed E-state index contributed by atoms with van der Waals surface area (Å²) in [5.74, 6) is -0.650. The van der Waals surface area contributed by atoms with Crippen LogP contribution in [0.5, 0.6) is 0 Å². The molecule has 8 heteroatoms. The predicted octanol–water partition coefficient (Wildman–Crippen LogP) is 6.15. The van der Waals surface area contributed by atoms with Gasteiger partial charge in [0, 0.05) is 25.9 Å². The average Bonchev–Trinajstić information content (AvgIpc) is 2.86. The number of alkyl carbamates (subject to hydrolysis) is 1. The molecule has 1 rings (SSSR count). The fourth-order valence-electron chi connectivity index (χ4n) is 4.37. The molecule has 0 aromatic heterocycles. The van der Waals surface area contributed by atoms with Crippen molar-refractivity contribution in [3.63, 3.8) is 0 Å². The molecule has 0 aliphatic carbocycles. The van der Waals surface area contributed by atoms with Crippen molar-refractivity contribution in [3.8, 4) is 0 Å². The molecule has 0 saturated carbocycles. The van der Waals surface area contributed by atoms with Crippen LogP contribution in [0.15, 0.2) is 0 Å². The second-order valence-electron chi connectivity index (χ2n) is 10.3. The minimum Gasteiger partial charge on any atom is -0.462 e. The Morgan fingerprint density at radius 2 is 1.19 bits per heavy atom. The van der Waals surface area contributed by atoms with Gasteiger partial charge in [0.15, 0.2) is 6.10 Å². The molecule has 0 radical (unpaired) electrons. The number of esters is 2. The van der Waals surface area contributed by atoms with E-state index in [4.69, 9.17) is 14.2 Å². The number of unbranched alkanes of at least 4 members (excludes halogenated alkanes) is 12. The molecule has 1 saturated heterocycles. The highest BCUT2D eigenvalue weighted by atomic mass is 16.6. The Balaban J connectivity index is 2.34. The number of likely N-dealkylation sites (tertiary alicyclic amines) is 1. The molecule has 1 aliphatic heterocycles. The Morgan fingerprint density at radius 3 is 1.73 bits per heavy atom. The summed E-state index contributed by atoms with van der Waals surface area (Å²) in [6.07, 6.45) is 15.0. The molecule has 0 spiro atoms. The van der Waals surface area contributed by atoms with Gasteiger partial charge in [0.25, 0.3) is 0 Å². The number of carbonyl (C=O) groups is 3. The summed E-state index contributed by atoms with van der Waals surface area (Å²) < 4.78 is 16.2. The Bertz CT molecular complexity index is 609. The Labute approximate surface area is 225 Å². The van der Waals surface area contributed by atoms with Crippen LogP contribution in [0.3, 0.4) is 0 Å². The lowest BCUT2D eigenvalue weighted by Gasteiger charge is -2.38. The first-order valence-electron chi connectivity index (χ1n) is 15.0. The molecule has 1 unspecified atom stereocenters. The third kappa shape index (κ3) is 18.1. The zero-order valence-corrected chi connectivity index (χ0v) is 23.9.